The van der Waals surface area contributed by atoms with Gasteiger partial charge in [-0.2, -0.15) is 0 Å². The first-order valence-corrected chi connectivity index (χ1v) is 7.65. The van der Waals surface area contributed by atoms with Crippen LogP contribution in [0.5, 0.6) is 0 Å². The van der Waals surface area contributed by atoms with E-state index < -0.39 is 5.97 Å². The maximum absolute atomic E-state index is 10.6. The zero-order chi connectivity index (χ0) is 15.3. The average Bonchev–Trinajstić information content (AvgIpc) is 2.41. The van der Waals surface area contributed by atoms with Crippen LogP contribution in [-0.2, 0) is 16.0 Å². The minimum atomic E-state index is -0.756. The van der Waals surface area contributed by atoms with Gasteiger partial charge >= 0.3 is 5.97 Å². The van der Waals surface area contributed by atoms with Crippen LogP contribution in [0, 0.1) is 0 Å². The Labute approximate surface area is 126 Å². The third-order valence-corrected chi connectivity index (χ3v) is 4.34. The third-order valence-electron chi connectivity index (χ3n) is 4.34. The van der Waals surface area contributed by atoms with Crippen molar-refractivity contribution in [3.63, 3.8) is 0 Å². The normalized spacial score (nSPS) is 17.8. The van der Waals surface area contributed by atoms with Gasteiger partial charge in [-0.1, -0.05) is 12.1 Å². The fraction of sp³-hybridized carbons (Fsp3) is 0.588. The highest BCUT2D eigenvalue weighted by atomic mass is 16.5. The summed E-state index contributed by atoms with van der Waals surface area (Å²) in [6.07, 6.45) is 5.30. The van der Waals surface area contributed by atoms with Crippen LogP contribution in [-0.4, -0.2) is 29.8 Å². The molecule has 0 heterocycles. The summed E-state index contributed by atoms with van der Waals surface area (Å²) in [4.78, 5) is 10.6. The van der Waals surface area contributed by atoms with E-state index in [1.807, 2.05) is 24.3 Å². The Morgan fingerprint density at radius 2 is 2.24 bits per heavy atom. The summed E-state index contributed by atoms with van der Waals surface area (Å²) in [6, 6.07) is 8.35. The van der Waals surface area contributed by atoms with Gasteiger partial charge in [0.15, 0.2) is 0 Å². The SMILES string of the molecule is COC1(CC(C)Nc2cccc(CCC(=O)O)c2)CCC1. The number of hydrogen-bond donors (Lipinski definition) is 2. The van der Waals surface area contributed by atoms with E-state index in [-0.39, 0.29) is 12.0 Å². The number of methoxy groups -OCH3 is 1. The molecule has 0 amide bonds. The second kappa shape index (κ2) is 6.94. The Morgan fingerprint density at radius 3 is 2.81 bits per heavy atom. The molecule has 2 N–H and O–H groups in total. The lowest BCUT2D eigenvalue weighted by atomic mass is 9.76. The Balaban J connectivity index is 1.89. The molecule has 1 saturated carbocycles. The van der Waals surface area contributed by atoms with Crippen LogP contribution in [0.25, 0.3) is 0 Å². The largest absolute Gasteiger partial charge is 0.481 e. The van der Waals surface area contributed by atoms with Crippen molar-refractivity contribution in [3.05, 3.63) is 29.8 Å². The lowest BCUT2D eigenvalue weighted by Gasteiger charge is -2.42. The van der Waals surface area contributed by atoms with Gasteiger partial charge in [0, 0.05) is 25.3 Å². The van der Waals surface area contributed by atoms with Crippen LogP contribution in [0.1, 0.15) is 44.6 Å². The van der Waals surface area contributed by atoms with Gasteiger partial charge in [-0.05, 0) is 56.7 Å². The predicted octanol–water partition coefficient (Wildman–Crippen LogP) is 3.46. The van der Waals surface area contributed by atoms with Crippen LogP contribution in [0.15, 0.2) is 24.3 Å². The molecule has 1 fully saturated rings. The molecule has 0 bridgehead atoms. The van der Waals surface area contributed by atoms with Gasteiger partial charge < -0.3 is 15.2 Å². The first-order valence-electron chi connectivity index (χ1n) is 7.65. The highest BCUT2D eigenvalue weighted by molar-refractivity contribution is 5.67. The molecule has 0 saturated heterocycles. The van der Waals surface area contributed by atoms with Gasteiger partial charge in [-0.25, -0.2) is 0 Å². The number of aryl methyl sites for hydroxylation is 1. The molecule has 21 heavy (non-hydrogen) atoms. The summed E-state index contributed by atoms with van der Waals surface area (Å²) < 4.78 is 5.67. The first-order chi connectivity index (χ1) is 10.0. The quantitative estimate of drug-likeness (QED) is 0.770. The highest BCUT2D eigenvalue weighted by Gasteiger charge is 2.38. The molecule has 1 unspecified atom stereocenters. The maximum Gasteiger partial charge on any atom is 0.303 e. The zero-order valence-electron chi connectivity index (χ0n) is 12.9. The molecule has 0 spiro atoms. The van der Waals surface area contributed by atoms with Gasteiger partial charge in [-0.15, -0.1) is 0 Å². The Bertz CT molecular complexity index is 477. The van der Waals surface area contributed by atoms with E-state index in [0.29, 0.717) is 12.5 Å². The minimum Gasteiger partial charge on any atom is -0.481 e. The van der Waals surface area contributed by atoms with Crippen LogP contribution in [0.4, 0.5) is 5.69 Å². The van der Waals surface area contributed by atoms with Crippen LogP contribution >= 0.6 is 0 Å². The number of anilines is 1. The summed E-state index contributed by atoms with van der Waals surface area (Å²) >= 11 is 0. The lowest BCUT2D eigenvalue weighted by molar-refractivity contribution is -0.136. The molecule has 1 atom stereocenters. The topological polar surface area (TPSA) is 58.6 Å². The number of hydrogen-bond acceptors (Lipinski definition) is 3. The van der Waals surface area contributed by atoms with Gasteiger partial charge in [0.05, 0.1) is 5.60 Å². The molecule has 1 aliphatic carbocycles. The fourth-order valence-electron chi connectivity index (χ4n) is 3.02. The highest BCUT2D eigenvalue weighted by Crippen LogP contribution is 2.39. The van der Waals surface area contributed by atoms with Crippen molar-refractivity contribution < 1.29 is 14.6 Å². The molecule has 1 aliphatic rings. The smallest absolute Gasteiger partial charge is 0.303 e. The van der Waals surface area contributed by atoms with Crippen LogP contribution < -0.4 is 5.32 Å². The zero-order valence-corrected chi connectivity index (χ0v) is 12.9. The molecule has 0 aromatic heterocycles. The summed E-state index contributed by atoms with van der Waals surface area (Å²) in [5.74, 6) is -0.756. The average molecular weight is 291 g/mol. The molecule has 116 valence electrons. The van der Waals surface area contributed by atoms with Gasteiger partial charge in [0.2, 0.25) is 0 Å². The number of aliphatic carboxylic acids is 1. The van der Waals surface area contributed by atoms with Gasteiger partial charge in [-0.3, -0.25) is 4.79 Å². The van der Waals surface area contributed by atoms with E-state index in [1.165, 1.54) is 6.42 Å². The monoisotopic (exact) mass is 291 g/mol. The molecular weight excluding hydrogens is 266 g/mol. The Kier molecular flexibility index (Phi) is 5.23. The minimum absolute atomic E-state index is 0.0628. The van der Waals surface area contributed by atoms with E-state index in [1.54, 1.807) is 7.11 Å². The fourth-order valence-corrected chi connectivity index (χ4v) is 3.02. The second-order valence-electron chi connectivity index (χ2n) is 6.08. The molecule has 1 aromatic rings. The molecule has 0 aliphatic heterocycles. The summed E-state index contributed by atoms with van der Waals surface area (Å²) in [5.41, 5.74) is 2.17. The summed E-state index contributed by atoms with van der Waals surface area (Å²) in [7, 11) is 1.80. The number of carboxylic acid groups (broad SMARTS) is 1. The van der Waals surface area contributed by atoms with Gasteiger partial charge in [0.25, 0.3) is 0 Å². The van der Waals surface area contributed by atoms with Crippen LogP contribution in [0.3, 0.4) is 0 Å². The predicted molar refractivity (Wildman–Crippen MR) is 83.7 cm³/mol. The summed E-state index contributed by atoms with van der Waals surface area (Å²) in [6.45, 7) is 2.17. The Morgan fingerprint density at radius 1 is 1.48 bits per heavy atom. The number of ether oxygens (including phenoxy) is 1. The molecule has 1 aromatic carbocycles. The first kappa shape index (κ1) is 15.8. The van der Waals surface area contributed by atoms with E-state index in [4.69, 9.17) is 9.84 Å². The number of rotatable bonds is 8. The van der Waals surface area contributed by atoms with Crippen molar-refractivity contribution in [2.24, 2.45) is 0 Å². The van der Waals surface area contributed by atoms with E-state index in [9.17, 15) is 4.79 Å². The number of nitrogens with one attached hydrogen (secondary N) is 1. The van der Waals surface area contributed by atoms with E-state index >= 15 is 0 Å². The lowest BCUT2D eigenvalue weighted by Crippen LogP contribution is -2.43. The van der Waals surface area contributed by atoms with Crippen molar-refractivity contribution in [1.29, 1.82) is 0 Å². The van der Waals surface area contributed by atoms with E-state index in [2.05, 4.69) is 12.2 Å². The molecule has 4 nitrogen and oxygen atoms in total. The van der Waals surface area contributed by atoms with Gasteiger partial charge in [0.1, 0.15) is 0 Å². The number of carbonyl (C=O) groups is 1. The van der Waals surface area contributed by atoms with Crippen molar-refractivity contribution in [2.45, 2.75) is 57.1 Å². The standard InChI is InChI=1S/C17H25NO3/c1-13(12-17(21-2)9-4-10-17)18-15-6-3-5-14(11-15)7-8-16(19)20/h3,5-6,11,13,18H,4,7-10,12H2,1-2H3,(H,19,20). The maximum atomic E-state index is 10.6. The van der Waals surface area contributed by atoms with Crippen molar-refractivity contribution in [1.82, 2.24) is 0 Å². The molecule has 2 rings (SSSR count). The molecule has 0 radical (unpaired) electrons. The van der Waals surface area contributed by atoms with Crippen molar-refractivity contribution in [2.75, 3.05) is 12.4 Å². The van der Waals surface area contributed by atoms with Crippen molar-refractivity contribution in [3.8, 4) is 0 Å². The van der Waals surface area contributed by atoms with Crippen molar-refractivity contribution >= 4 is 11.7 Å². The Hall–Kier alpha value is -1.55. The third kappa shape index (κ3) is 4.46. The molecule has 4 heteroatoms. The van der Waals surface area contributed by atoms with E-state index in [0.717, 1.165) is 30.5 Å². The second-order valence-corrected chi connectivity index (χ2v) is 6.08. The number of benzene rings is 1. The van der Waals surface area contributed by atoms with Crippen LogP contribution in [0.2, 0.25) is 0 Å². The summed E-state index contributed by atoms with van der Waals surface area (Å²) in [5, 5.41) is 12.2. The number of carboxylic acids is 1. The molecular formula is C17H25NO3.